The molecule has 0 saturated carbocycles. The zero-order valence-corrected chi connectivity index (χ0v) is 16.5. The molecule has 1 aromatic heterocycles. The number of rotatable bonds is 5. The fourth-order valence-corrected chi connectivity index (χ4v) is 4.47. The SMILES string of the molecule is O=C(c1n[nH]c2cc(COCc3ccccc3)ccc12)N1CCN2CCC1CC2. The maximum atomic E-state index is 13.2. The van der Waals surface area contributed by atoms with E-state index in [9.17, 15) is 4.79 Å². The third-order valence-electron chi connectivity index (χ3n) is 6.13. The highest BCUT2D eigenvalue weighted by Crippen LogP contribution is 2.25. The van der Waals surface area contributed by atoms with Crippen molar-refractivity contribution in [3.05, 3.63) is 65.4 Å². The highest BCUT2D eigenvalue weighted by Gasteiger charge is 2.33. The highest BCUT2D eigenvalue weighted by atomic mass is 16.5. The Morgan fingerprint density at radius 2 is 1.79 bits per heavy atom. The molecule has 6 rings (SSSR count). The van der Waals surface area contributed by atoms with Crippen molar-refractivity contribution in [1.82, 2.24) is 20.0 Å². The summed E-state index contributed by atoms with van der Waals surface area (Å²) >= 11 is 0. The zero-order chi connectivity index (χ0) is 19.6. The lowest BCUT2D eigenvalue weighted by Gasteiger charge is -2.31. The van der Waals surface area contributed by atoms with Crippen LogP contribution in [0.15, 0.2) is 48.5 Å². The van der Waals surface area contributed by atoms with Crippen LogP contribution < -0.4 is 0 Å². The quantitative estimate of drug-likeness (QED) is 0.727. The van der Waals surface area contributed by atoms with Gasteiger partial charge in [-0.2, -0.15) is 5.10 Å². The third kappa shape index (κ3) is 3.78. The maximum Gasteiger partial charge on any atom is 0.275 e. The van der Waals surface area contributed by atoms with Gasteiger partial charge in [0, 0.05) is 37.6 Å². The second kappa shape index (κ2) is 7.97. The van der Waals surface area contributed by atoms with Crippen LogP contribution in [0.5, 0.6) is 0 Å². The second-order valence-electron chi connectivity index (χ2n) is 8.00. The lowest BCUT2D eigenvalue weighted by Crippen LogP contribution is -2.41. The first-order valence-electron chi connectivity index (χ1n) is 10.4. The Morgan fingerprint density at radius 1 is 1.00 bits per heavy atom. The van der Waals surface area contributed by atoms with E-state index in [0.29, 0.717) is 24.9 Å². The number of nitrogens with one attached hydrogen (secondary N) is 1. The number of H-pyrrole nitrogens is 1. The molecule has 0 aliphatic carbocycles. The molecule has 150 valence electrons. The first-order valence-corrected chi connectivity index (χ1v) is 10.4. The second-order valence-corrected chi connectivity index (χ2v) is 8.00. The molecular formula is C23H26N4O2. The summed E-state index contributed by atoms with van der Waals surface area (Å²) in [5.74, 6) is 0.0538. The van der Waals surface area contributed by atoms with Crippen molar-refractivity contribution < 1.29 is 9.53 Å². The predicted octanol–water partition coefficient (Wildman–Crippen LogP) is 3.20. The molecule has 0 unspecified atom stereocenters. The minimum Gasteiger partial charge on any atom is -0.372 e. The summed E-state index contributed by atoms with van der Waals surface area (Å²) in [7, 11) is 0. The fourth-order valence-electron chi connectivity index (χ4n) is 4.47. The van der Waals surface area contributed by atoms with E-state index >= 15 is 0 Å². The number of amides is 1. The molecule has 6 heteroatoms. The highest BCUT2D eigenvalue weighted by molar-refractivity contribution is 6.04. The molecule has 1 amide bonds. The Morgan fingerprint density at radius 3 is 2.62 bits per heavy atom. The number of ether oxygens (including phenoxy) is 1. The predicted molar refractivity (Wildman–Crippen MR) is 112 cm³/mol. The van der Waals surface area contributed by atoms with Gasteiger partial charge in [-0.25, -0.2) is 0 Å². The molecule has 3 aromatic rings. The molecule has 3 saturated heterocycles. The average molecular weight is 390 g/mol. The Kier molecular flexibility index (Phi) is 5.04. The van der Waals surface area contributed by atoms with Gasteiger partial charge in [-0.3, -0.25) is 9.89 Å². The van der Waals surface area contributed by atoms with Gasteiger partial charge < -0.3 is 14.5 Å². The number of piperidine rings is 1. The van der Waals surface area contributed by atoms with Gasteiger partial charge >= 0.3 is 0 Å². The van der Waals surface area contributed by atoms with Gasteiger partial charge in [0.05, 0.1) is 18.7 Å². The van der Waals surface area contributed by atoms with Crippen LogP contribution in [-0.4, -0.2) is 58.1 Å². The van der Waals surface area contributed by atoms with E-state index in [4.69, 9.17) is 4.74 Å². The van der Waals surface area contributed by atoms with Crippen LogP contribution in [-0.2, 0) is 18.0 Å². The average Bonchev–Trinajstić information content (AvgIpc) is 2.94. The van der Waals surface area contributed by atoms with Gasteiger partial charge in [-0.15, -0.1) is 0 Å². The van der Waals surface area contributed by atoms with Crippen LogP contribution in [0.1, 0.15) is 34.5 Å². The minimum absolute atomic E-state index is 0.0538. The van der Waals surface area contributed by atoms with Gasteiger partial charge in [0.2, 0.25) is 0 Å². The van der Waals surface area contributed by atoms with Crippen LogP contribution in [0, 0.1) is 0 Å². The number of hydrogen-bond donors (Lipinski definition) is 1. The normalized spacial score (nSPS) is 21.4. The first-order chi connectivity index (χ1) is 14.3. The molecular weight excluding hydrogens is 364 g/mol. The van der Waals surface area contributed by atoms with E-state index in [1.54, 1.807) is 0 Å². The molecule has 3 aliphatic rings. The standard InChI is InChI=1S/C23H26N4O2/c28-23(27-13-12-26-10-8-19(27)9-11-26)22-20-7-6-18(14-21(20)24-25-22)16-29-15-17-4-2-1-3-5-17/h1-7,14,19H,8-13,15-16H2,(H,24,25). The number of aromatic amines is 1. The molecule has 29 heavy (non-hydrogen) atoms. The van der Waals surface area contributed by atoms with Gasteiger partial charge in [0.1, 0.15) is 0 Å². The molecule has 1 N–H and O–H groups in total. The topological polar surface area (TPSA) is 61.5 Å². The smallest absolute Gasteiger partial charge is 0.275 e. The number of nitrogens with zero attached hydrogens (tertiary/aromatic N) is 3. The first kappa shape index (κ1) is 18.3. The van der Waals surface area contributed by atoms with Gasteiger partial charge in [0.25, 0.3) is 5.91 Å². The summed E-state index contributed by atoms with van der Waals surface area (Å²) in [6.45, 7) is 5.07. The molecule has 4 heterocycles. The zero-order valence-electron chi connectivity index (χ0n) is 16.5. The molecule has 0 atom stereocenters. The molecule has 2 aromatic carbocycles. The van der Waals surface area contributed by atoms with Gasteiger partial charge in [-0.05, 0) is 30.0 Å². The number of benzene rings is 2. The number of carbonyl (C=O) groups is 1. The Labute approximate surface area is 170 Å². The number of hydrogen-bond acceptors (Lipinski definition) is 4. The van der Waals surface area contributed by atoms with Crippen molar-refractivity contribution in [3.8, 4) is 0 Å². The number of aromatic nitrogens is 2. The van der Waals surface area contributed by atoms with Crippen molar-refractivity contribution in [3.63, 3.8) is 0 Å². The number of carbonyl (C=O) groups excluding carboxylic acids is 1. The van der Waals surface area contributed by atoms with Gasteiger partial charge in [-0.1, -0.05) is 42.5 Å². The molecule has 0 spiro atoms. The van der Waals surface area contributed by atoms with Crippen molar-refractivity contribution in [2.45, 2.75) is 32.1 Å². The van der Waals surface area contributed by atoms with E-state index < -0.39 is 0 Å². The molecule has 2 bridgehead atoms. The van der Waals surface area contributed by atoms with Gasteiger partial charge in [0.15, 0.2) is 5.69 Å². The summed E-state index contributed by atoms with van der Waals surface area (Å²) in [5.41, 5.74) is 3.65. The van der Waals surface area contributed by atoms with E-state index in [0.717, 1.165) is 61.1 Å². The van der Waals surface area contributed by atoms with Crippen LogP contribution in [0.3, 0.4) is 0 Å². The monoisotopic (exact) mass is 390 g/mol. The maximum absolute atomic E-state index is 13.2. The van der Waals surface area contributed by atoms with Crippen molar-refractivity contribution >= 4 is 16.8 Å². The van der Waals surface area contributed by atoms with Crippen molar-refractivity contribution in [2.24, 2.45) is 0 Å². The Balaban J connectivity index is 1.29. The van der Waals surface area contributed by atoms with Crippen LogP contribution >= 0.6 is 0 Å². The third-order valence-corrected chi connectivity index (χ3v) is 6.13. The lowest BCUT2D eigenvalue weighted by molar-refractivity contribution is 0.0681. The van der Waals surface area contributed by atoms with Crippen LogP contribution in [0.4, 0.5) is 0 Å². The van der Waals surface area contributed by atoms with Crippen molar-refractivity contribution in [1.29, 1.82) is 0 Å². The fraction of sp³-hybridized carbons (Fsp3) is 0.391. The summed E-state index contributed by atoms with van der Waals surface area (Å²) < 4.78 is 5.84. The summed E-state index contributed by atoms with van der Waals surface area (Å²) in [4.78, 5) is 17.7. The van der Waals surface area contributed by atoms with E-state index in [2.05, 4.69) is 27.2 Å². The molecule has 3 aliphatic heterocycles. The van der Waals surface area contributed by atoms with Crippen molar-refractivity contribution in [2.75, 3.05) is 26.2 Å². The van der Waals surface area contributed by atoms with E-state index in [-0.39, 0.29) is 5.91 Å². The Bertz CT molecular complexity index is 993. The molecule has 6 nitrogen and oxygen atoms in total. The molecule has 0 radical (unpaired) electrons. The van der Waals surface area contributed by atoms with Crippen LogP contribution in [0.25, 0.3) is 10.9 Å². The lowest BCUT2D eigenvalue weighted by atomic mass is 10.0. The minimum atomic E-state index is 0.0538. The molecule has 3 fully saturated rings. The summed E-state index contributed by atoms with van der Waals surface area (Å²) in [6, 6.07) is 16.5. The largest absolute Gasteiger partial charge is 0.372 e. The summed E-state index contributed by atoms with van der Waals surface area (Å²) in [6.07, 6.45) is 2.13. The van der Waals surface area contributed by atoms with E-state index in [1.807, 2.05) is 41.3 Å². The van der Waals surface area contributed by atoms with Crippen LogP contribution in [0.2, 0.25) is 0 Å². The van der Waals surface area contributed by atoms with E-state index in [1.165, 1.54) is 0 Å². The Hall–Kier alpha value is -2.70. The number of fused-ring (bicyclic) bond motifs is 5. The summed E-state index contributed by atoms with van der Waals surface area (Å²) in [5, 5.41) is 8.32.